The predicted octanol–water partition coefficient (Wildman–Crippen LogP) is 3.80. The van der Waals surface area contributed by atoms with Crippen molar-refractivity contribution in [1.29, 1.82) is 0 Å². The summed E-state index contributed by atoms with van der Waals surface area (Å²) >= 11 is 0. The molecule has 0 unspecified atom stereocenters. The number of imidazole rings is 1. The Bertz CT molecular complexity index is 739. The number of nitrogens with zero attached hydrogens (tertiary/aromatic N) is 2. The van der Waals surface area contributed by atoms with Gasteiger partial charge in [0.15, 0.2) is 0 Å². The summed E-state index contributed by atoms with van der Waals surface area (Å²) in [5.74, 6) is 1.05. The van der Waals surface area contributed by atoms with Crippen molar-refractivity contribution in [3.63, 3.8) is 0 Å². The van der Waals surface area contributed by atoms with Gasteiger partial charge >= 0.3 is 0 Å². The highest BCUT2D eigenvalue weighted by molar-refractivity contribution is 5.76. The van der Waals surface area contributed by atoms with E-state index in [1.54, 1.807) is 0 Å². The van der Waals surface area contributed by atoms with E-state index in [0.29, 0.717) is 0 Å². The molecule has 0 aliphatic heterocycles. The normalized spacial score (nSPS) is 10.9. The first-order valence-corrected chi connectivity index (χ1v) is 6.86. The zero-order chi connectivity index (χ0) is 14.1. The van der Waals surface area contributed by atoms with Gasteiger partial charge in [-0.2, -0.15) is 0 Å². The van der Waals surface area contributed by atoms with Crippen LogP contribution in [0.15, 0.2) is 42.5 Å². The monoisotopic (exact) mass is 265 g/mol. The molecule has 0 radical (unpaired) electrons. The van der Waals surface area contributed by atoms with E-state index in [-0.39, 0.29) is 0 Å². The van der Waals surface area contributed by atoms with Gasteiger partial charge in [0.25, 0.3) is 0 Å². The lowest BCUT2D eigenvalue weighted by atomic mass is 10.2. The summed E-state index contributed by atoms with van der Waals surface area (Å²) in [6, 6.07) is 14.8. The van der Waals surface area contributed by atoms with Crippen LogP contribution in [0.2, 0.25) is 0 Å². The lowest BCUT2D eigenvalue weighted by Gasteiger charge is -2.06. The van der Waals surface area contributed by atoms with Crippen molar-refractivity contribution in [2.24, 2.45) is 7.05 Å². The van der Waals surface area contributed by atoms with Crippen molar-refractivity contribution in [3.8, 4) is 0 Å². The fourth-order valence-electron chi connectivity index (χ4n) is 2.37. The van der Waals surface area contributed by atoms with Crippen molar-refractivity contribution < 1.29 is 0 Å². The minimum absolute atomic E-state index is 0.729. The van der Waals surface area contributed by atoms with Crippen LogP contribution in [0.5, 0.6) is 0 Å². The smallest absolute Gasteiger partial charge is 0.128 e. The van der Waals surface area contributed by atoms with Gasteiger partial charge in [0, 0.05) is 12.7 Å². The summed E-state index contributed by atoms with van der Waals surface area (Å²) < 4.78 is 2.15. The lowest BCUT2D eigenvalue weighted by Crippen LogP contribution is -2.05. The van der Waals surface area contributed by atoms with E-state index in [9.17, 15) is 0 Å². The second-order valence-electron chi connectivity index (χ2n) is 5.30. The van der Waals surface area contributed by atoms with Gasteiger partial charge in [0.05, 0.1) is 17.6 Å². The number of aryl methyl sites for hydroxylation is 3. The maximum absolute atomic E-state index is 4.71. The minimum Gasteiger partial charge on any atom is -0.378 e. The van der Waals surface area contributed by atoms with Gasteiger partial charge in [-0.15, -0.1) is 0 Å². The number of fused-ring (bicyclic) bond motifs is 1. The molecule has 0 spiro atoms. The molecule has 1 aromatic heterocycles. The Hall–Kier alpha value is -2.29. The molecule has 0 aliphatic carbocycles. The van der Waals surface area contributed by atoms with Crippen molar-refractivity contribution in [3.05, 3.63) is 59.4 Å². The molecular weight excluding hydrogens is 246 g/mol. The SMILES string of the molecule is Cc1ccc(NCc2nc3cc(C)ccc3n2C)cc1. The lowest BCUT2D eigenvalue weighted by molar-refractivity contribution is 0.834. The quantitative estimate of drug-likeness (QED) is 0.780. The van der Waals surface area contributed by atoms with E-state index in [4.69, 9.17) is 4.98 Å². The fourth-order valence-corrected chi connectivity index (χ4v) is 2.37. The maximum Gasteiger partial charge on any atom is 0.128 e. The number of hydrogen-bond donors (Lipinski definition) is 1. The van der Waals surface area contributed by atoms with Crippen LogP contribution in [-0.2, 0) is 13.6 Å². The highest BCUT2D eigenvalue weighted by Crippen LogP contribution is 2.17. The third kappa shape index (κ3) is 2.39. The first-order valence-electron chi connectivity index (χ1n) is 6.86. The molecule has 0 saturated carbocycles. The van der Waals surface area contributed by atoms with Gasteiger partial charge < -0.3 is 9.88 Å². The Kier molecular flexibility index (Phi) is 3.18. The van der Waals surface area contributed by atoms with E-state index < -0.39 is 0 Å². The van der Waals surface area contributed by atoms with Crippen LogP contribution >= 0.6 is 0 Å². The molecule has 3 rings (SSSR count). The molecule has 0 amide bonds. The Morgan fingerprint density at radius 1 is 1.00 bits per heavy atom. The zero-order valence-corrected chi connectivity index (χ0v) is 12.1. The van der Waals surface area contributed by atoms with Crippen LogP contribution in [-0.4, -0.2) is 9.55 Å². The molecule has 1 N–H and O–H groups in total. The van der Waals surface area contributed by atoms with E-state index in [1.165, 1.54) is 16.6 Å². The fraction of sp³-hybridized carbons (Fsp3) is 0.235. The molecular formula is C17H19N3. The van der Waals surface area contributed by atoms with Gasteiger partial charge in [0.1, 0.15) is 5.82 Å². The standard InChI is InChI=1S/C17H19N3/c1-12-4-7-14(8-5-12)18-11-17-19-15-10-13(2)6-9-16(15)20(17)3/h4-10,18H,11H2,1-3H3. The number of rotatable bonds is 3. The summed E-state index contributed by atoms with van der Waals surface area (Å²) in [5.41, 5.74) is 5.88. The van der Waals surface area contributed by atoms with Crippen molar-refractivity contribution in [2.75, 3.05) is 5.32 Å². The molecule has 20 heavy (non-hydrogen) atoms. The van der Waals surface area contributed by atoms with Crippen molar-refractivity contribution in [2.45, 2.75) is 20.4 Å². The zero-order valence-electron chi connectivity index (χ0n) is 12.1. The Labute approximate surface area is 119 Å². The van der Waals surface area contributed by atoms with Crippen LogP contribution in [0.1, 0.15) is 17.0 Å². The van der Waals surface area contributed by atoms with Crippen molar-refractivity contribution >= 4 is 16.7 Å². The summed E-state index contributed by atoms with van der Waals surface area (Å²) in [6.45, 7) is 4.92. The summed E-state index contributed by atoms with van der Waals surface area (Å²) in [6.07, 6.45) is 0. The first-order chi connectivity index (χ1) is 9.63. The molecule has 102 valence electrons. The molecule has 2 aromatic carbocycles. The average molecular weight is 265 g/mol. The summed E-state index contributed by atoms with van der Waals surface area (Å²) in [7, 11) is 2.07. The number of hydrogen-bond acceptors (Lipinski definition) is 2. The van der Waals surface area contributed by atoms with Gasteiger partial charge in [-0.1, -0.05) is 23.8 Å². The van der Waals surface area contributed by atoms with Crippen LogP contribution in [0.3, 0.4) is 0 Å². The molecule has 0 atom stereocenters. The Morgan fingerprint density at radius 2 is 1.70 bits per heavy atom. The molecule has 3 aromatic rings. The van der Waals surface area contributed by atoms with Crippen molar-refractivity contribution in [1.82, 2.24) is 9.55 Å². The molecule has 3 heteroatoms. The molecule has 0 saturated heterocycles. The Balaban J connectivity index is 1.84. The molecule has 0 aliphatic rings. The minimum atomic E-state index is 0.729. The highest BCUT2D eigenvalue weighted by Gasteiger charge is 2.07. The van der Waals surface area contributed by atoms with E-state index in [1.807, 2.05) is 0 Å². The van der Waals surface area contributed by atoms with Gasteiger partial charge in [0.2, 0.25) is 0 Å². The number of nitrogens with one attached hydrogen (secondary N) is 1. The largest absolute Gasteiger partial charge is 0.378 e. The van der Waals surface area contributed by atoms with Crippen LogP contribution in [0.25, 0.3) is 11.0 Å². The van der Waals surface area contributed by atoms with E-state index in [0.717, 1.165) is 23.6 Å². The third-order valence-corrected chi connectivity index (χ3v) is 3.63. The average Bonchev–Trinajstić information content (AvgIpc) is 2.74. The number of benzene rings is 2. The second kappa shape index (κ2) is 5.00. The van der Waals surface area contributed by atoms with E-state index in [2.05, 4.69) is 73.2 Å². The highest BCUT2D eigenvalue weighted by atomic mass is 15.1. The van der Waals surface area contributed by atoms with E-state index >= 15 is 0 Å². The molecule has 1 heterocycles. The molecule has 0 bridgehead atoms. The van der Waals surface area contributed by atoms with Crippen LogP contribution in [0, 0.1) is 13.8 Å². The molecule has 0 fully saturated rings. The van der Waals surface area contributed by atoms with Crippen LogP contribution in [0.4, 0.5) is 5.69 Å². The topological polar surface area (TPSA) is 29.9 Å². The third-order valence-electron chi connectivity index (χ3n) is 3.63. The Morgan fingerprint density at radius 3 is 2.45 bits per heavy atom. The van der Waals surface area contributed by atoms with Gasteiger partial charge in [-0.25, -0.2) is 4.98 Å². The number of aromatic nitrogens is 2. The summed E-state index contributed by atoms with van der Waals surface area (Å²) in [4.78, 5) is 4.71. The van der Waals surface area contributed by atoms with Crippen LogP contribution < -0.4 is 5.32 Å². The van der Waals surface area contributed by atoms with Gasteiger partial charge in [-0.05, 0) is 43.7 Å². The van der Waals surface area contributed by atoms with Gasteiger partial charge in [-0.3, -0.25) is 0 Å². The molecule has 3 nitrogen and oxygen atoms in total. The number of anilines is 1. The second-order valence-corrected chi connectivity index (χ2v) is 5.30. The predicted molar refractivity (Wildman–Crippen MR) is 84.0 cm³/mol. The summed E-state index contributed by atoms with van der Waals surface area (Å²) in [5, 5.41) is 3.42. The first kappa shape index (κ1) is 12.7. The maximum atomic E-state index is 4.71.